The second kappa shape index (κ2) is 5.69. The molecule has 0 unspecified atom stereocenters. The highest BCUT2D eigenvalue weighted by Crippen LogP contribution is 2.18. The molecule has 110 valence electrons. The quantitative estimate of drug-likeness (QED) is 0.782. The van der Waals surface area contributed by atoms with Crippen LogP contribution in [-0.4, -0.2) is 20.7 Å². The number of nitrogens with zero attached hydrogens (tertiary/aromatic N) is 3. The molecule has 0 radical (unpaired) electrons. The molecular formula is C16H20N4O. The number of rotatable bonds is 5. The van der Waals surface area contributed by atoms with Gasteiger partial charge in [0.2, 0.25) is 5.89 Å². The second-order valence-electron chi connectivity index (χ2n) is 5.60. The van der Waals surface area contributed by atoms with E-state index in [1.54, 1.807) is 6.92 Å². The molecule has 0 saturated carbocycles. The predicted molar refractivity (Wildman–Crippen MR) is 82.1 cm³/mol. The molecule has 5 nitrogen and oxygen atoms in total. The van der Waals surface area contributed by atoms with E-state index >= 15 is 0 Å². The molecule has 1 N–H and O–H groups in total. The lowest BCUT2D eigenvalue weighted by molar-refractivity contribution is 0.386. The van der Waals surface area contributed by atoms with Gasteiger partial charge in [-0.15, -0.1) is 0 Å². The Labute approximate surface area is 124 Å². The Morgan fingerprint density at radius 3 is 2.86 bits per heavy atom. The van der Waals surface area contributed by atoms with Crippen LogP contribution in [-0.2, 0) is 13.1 Å². The van der Waals surface area contributed by atoms with E-state index in [2.05, 4.69) is 64.3 Å². The molecule has 0 atom stereocenters. The zero-order chi connectivity index (χ0) is 14.8. The predicted octanol–water partition coefficient (Wildman–Crippen LogP) is 2.88. The smallest absolute Gasteiger partial charge is 0.223 e. The van der Waals surface area contributed by atoms with Crippen LogP contribution >= 0.6 is 0 Å². The van der Waals surface area contributed by atoms with Gasteiger partial charge in [0.15, 0.2) is 5.82 Å². The number of benzene rings is 1. The zero-order valence-electron chi connectivity index (χ0n) is 12.6. The van der Waals surface area contributed by atoms with Crippen molar-refractivity contribution in [3.05, 3.63) is 47.7 Å². The topological polar surface area (TPSA) is 55.9 Å². The number of hydrogen-bond acceptors (Lipinski definition) is 4. The number of fused-ring (bicyclic) bond motifs is 1. The van der Waals surface area contributed by atoms with Crippen LogP contribution in [0.4, 0.5) is 0 Å². The third kappa shape index (κ3) is 3.13. The van der Waals surface area contributed by atoms with Crippen LogP contribution in [0.5, 0.6) is 0 Å². The van der Waals surface area contributed by atoms with Crippen LogP contribution in [0.1, 0.15) is 31.1 Å². The van der Waals surface area contributed by atoms with E-state index in [1.807, 2.05) is 0 Å². The maximum Gasteiger partial charge on any atom is 0.223 e. The lowest BCUT2D eigenvalue weighted by Crippen LogP contribution is -2.21. The molecule has 0 aliphatic carbocycles. The van der Waals surface area contributed by atoms with Gasteiger partial charge in [0.1, 0.15) is 0 Å². The van der Waals surface area contributed by atoms with Crippen LogP contribution < -0.4 is 5.32 Å². The van der Waals surface area contributed by atoms with E-state index in [-0.39, 0.29) is 0 Å². The van der Waals surface area contributed by atoms with Crippen LogP contribution in [0.15, 0.2) is 35.0 Å². The Bertz CT molecular complexity index is 742. The van der Waals surface area contributed by atoms with Gasteiger partial charge in [-0.1, -0.05) is 25.1 Å². The minimum atomic E-state index is 0.492. The number of nitrogens with one attached hydrogen (secondary N) is 1. The molecule has 1 aromatic carbocycles. The molecule has 2 aromatic heterocycles. The Kier molecular flexibility index (Phi) is 3.75. The maximum absolute atomic E-state index is 5.02. The van der Waals surface area contributed by atoms with Crippen LogP contribution in [0.25, 0.3) is 10.9 Å². The summed E-state index contributed by atoms with van der Waals surface area (Å²) in [7, 11) is 0. The zero-order valence-corrected chi connectivity index (χ0v) is 12.6. The Morgan fingerprint density at radius 1 is 1.29 bits per heavy atom. The summed E-state index contributed by atoms with van der Waals surface area (Å²) in [6.45, 7) is 7.63. The molecule has 21 heavy (non-hydrogen) atoms. The summed E-state index contributed by atoms with van der Waals surface area (Å²) in [6, 6.07) is 9.16. The minimum absolute atomic E-state index is 0.492. The normalized spacial score (nSPS) is 11.6. The SMILES string of the molecule is Cc1nc(Cn2ccc3cc(CNC(C)C)ccc32)no1. The monoisotopic (exact) mass is 284 g/mol. The molecule has 0 bridgehead atoms. The Hall–Kier alpha value is -2.14. The standard InChI is InChI=1S/C16H20N4O/c1-11(2)17-9-13-4-5-15-14(8-13)6-7-20(15)10-16-18-12(3)21-19-16/h4-8,11,17H,9-10H2,1-3H3. The van der Waals surface area contributed by atoms with Gasteiger partial charge in [-0.25, -0.2) is 0 Å². The van der Waals surface area contributed by atoms with E-state index in [1.165, 1.54) is 16.5 Å². The third-order valence-electron chi connectivity index (χ3n) is 3.43. The first-order valence-corrected chi connectivity index (χ1v) is 7.22. The number of hydrogen-bond donors (Lipinski definition) is 1. The Morgan fingerprint density at radius 2 is 2.14 bits per heavy atom. The number of aromatic nitrogens is 3. The lowest BCUT2D eigenvalue weighted by Gasteiger charge is -2.08. The van der Waals surface area contributed by atoms with Gasteiger partial charge in [0, 0.05) is 31.2 Å². The van der Waals surface area contributed by atoms with E-state index in [0.717, 1.165) is 6.54 Å². The molecule has 0 aliphatic heterocycles. The summed E-state index contributed by atoms with van der Waals surface area (Å²) >= 11 is 0. The van der Waals surface area contributed by atoms with Crippen LogP contribution in [0, 0.1) is 6.92 Å². The van der Waals surface area contributed by atoms with Crippen molar-refractivity contribution in [3.8, 4) is 0 Å². The van der Waals surface area contributed by atoms with Gasteiger partial charge in [-0.05, 0) is 29.1 Å². The molecule has 0 spiro atoms. The second-order valence-corrected chi connectivity index (χ2v) is 5.60. The molecule has 3 aromatic rings. The molecule has 3 rings (SSSR count). The molecule has 5 heteroatoms. The first-order valence-electron chi connectivity index (χ1n) is 7.22. The summed E-state index contributed by atoms with van der Waals surface area (Å²) < 4.78 is 7.15. The van der Waals surface area contributed by atoms with Crippen molar-refractivity contribution < 1.29 is 4.52 Å². The molecule has 0 amide bonds. The van der Waals surface area contributed by atoms with Gasteiger partial charge in [-0.2, -0.15) is 4.98 Å². The Balaban J connectivity index is 1.82. The fourth-order valence-electron chi connectivity index (χ4n) is 2.38. The molecule has 2 heterocycles. The van der Waals surface area contributed by atoms with Crippen molar-refractivity contribution >= 4 is 10.9 Å². The van der Waals surface area contributed by atoms with Crippen molar-refractivity contribution in [2.75, 3.05) is 0 Å². The fourth-order valence-corrected chi connectivity index (χ4v) is 2.38. The third-order valence-corrected chi connectivity index (χ3v) is 3.43. The highest BCUT2D eigenvalue weighted by atomic mass is 16.5. The van der Waals surface area contributed by atoms with Gasteiger partial charge >= 0.3 is 0 Å². The average Bonchev–Trinajstić information content (AvgIpc) is 3.04. The first kappa shape index (κ1) is 13.8. The van der Waals surface area contributed by atoms with Crippen LogP contribution in [0.2, 0.25) is 0 Å². The van der Waals surface area contributed by atoms with Gasteiger partial charge in [-0.3, -0.25) is 0 Å². The van der Waals surface area contributed by atoms with Crippen molar-refractivity contribution in [1.82, 2.24) is 20.0 Å². The van der Waals surface area contributed by atoms with Gasteiger partial charge in [0.05, 0.1) is 6.54 Å². The summed E-state index contributed by atoms with van der Waals surface area (Å²) in [5, 5.41) is 8.62. The van der Waals surface area contributed by atoms with Gasteiger partial charge in [0.25, 0.3) is 0 Å². The van der Waals surface area contributed by atoms with E-state index in [9.17, 15) is 0 Å². The fraction of sp³-hybridized carbons (Fsp3) is 0.375. The van der Waals surface area contributed by atoms with Crippen molar-refractivity contribution in [3.63, 3.8) is 0 Å². The van der Waals surface area contributed by atoms with Crippen molar-refractivity contribution in [2.24, 2.45) is 0 Å². The van der Waals surface area contributed by atoms with E-state index in [4.69, 9.17) is 4.52 Å². The summed E-state index contributed by atoms with van der Waals surface area (Å²) in [4.78, 5) is 4.25. The lowest BCUT2D eigenvalue weighted by atomic mass is 10.1. The summed E-state index contributed by atoms with van der Waals surface area (Å²) in [5.74, 6) is 1.30. The summed E-state index contributed by atoms with van der Waals surface area (Å²) in [6.07, 6.45) is 2.07. The molecule has 0 saturated heterocycles. The minimum Gasteiger partial charge on any atom is -0.340 e. The largest absolute Gasteiger partial charge is 0.340 e. The molecule has 0 aliphatic rings. The van der Waals surface area contributed by atoms with Crippen LogP contribution in [0.3, 0.4) is 0 Å². The average molecular weight is 284 g/mol. The molecule has 0 fully saturated rings. The highest BCUT2D eigenvalue weighted by Gasteiger charge is 2.07. The highest BCUT2D eigenvalue weighted by molar-refractivity contribution is 5.80. The molecular weight excluding hydrogens is 264 g/mol. The maximum atomic E-state index is 5.02. The van der Waals surface area contributed by atoms with E-state index in [0.29, 0.717) is 24.3 Å². The number of aryl methyl sites for hydroxylation is 1. The van der Waals surface area contributed by atoms with Gasteiger partial charge < -0.3 is 14.4 Å². The van der Waals surface area contributed by atoms with Crippen molar-refractivity contribution in [1.29, 1.82) is 0 Å². The summed E-state index contributed by atoms with van der Waals surface area (Å²) in [5.41, 5.74) is 2.48. The van der Waals surface area contributed by atoms with Crippen molar-refractivity contribution in [2.45, 2.75) is 39.9 Å². The van der Waals surface area contributed by atoms with E-state index < -0.39 is 0 Å². The first-order chi connectivity index (χ1) is 10.1.